The summed E-state index contributed by atoms with van der Waals surface area (Å²) in [6.45, 7) is 0. The molecule has 0 bridgehead atoms. The predicted molar refractivity (Wildman–Crippen MR) is 103 cm³/mol. The zero-order chi connectivity index (χ0) is 18.2. The van der Waals surface area contributed by atoms with E-state index in [-0.39, 0.29) is 0 Å². The molecule has 0 aliphatic rings. The van der Waals surface area contributed by atoms with Crippen LogP contribution in [0.1, 0.15) is 0 Å². The third-order valence-electron chi connectivity index (χ3n) is 4.38. The van der Waals surface area contributed by atoms with Gasteiger partial charge >= 0.3 is 0 Å². The largest absolute Gasteiger partial charge is 0.346 e. The van der Waals surface area contributed by atoms with E-state index in [4.69, 9.17) is 0 Å². The predicted octanol–water partition coefficient (Wildman–Crippen LogP) is 3.48. The normalized spacial score (nSPS) is 11.1. The molecule has 5 heterocycles. The second-order valence-electron chi connectivity index (χ2n) is 6.17. The second kappa shape index (κ2) is 6.14. The Hall–Kier alpha value is -3.87. The van der Waals surface area contributed by atoms with Crippen LogP contribution >= 0.6 is 0 Å². The lowest BCUT2D eigenvalue weighted by molar-refractivity contribution is 0.773. The molecule has 27 heavy (non-hydrogen) atoms. The van der Waals surface area contributed by atoms with Crippen molar-refractivity contribution in [1.29, 1.82) is 0 Å². The highest BCUT2D eigenvalue weighted by atomic mass is 15.3. The maximum absolute atomic E-state index is 4.63. The van der Waals surface area contributed by atoms with Crippen LogP contribution in [0.25, 0.3) is 45.2 Å². The SMILES string of the molecule is Cn1nc(-c2ccccn2)nc1-c1cc(-c2cnc3[nH]ccc3c2)ccn1. The highest BCUT2D eigenvalue weighted by molar-refractivity contribution is 5.81. The minimum Gasteiger partial charge on any atom is -0.346 e. The van der Waals surface area contributed by atoms with Crippen LogP contribution in [0, 0.1) is 0 Å². The van der Waals surface area contributed by atoms with Crippen LogP contribution in [-0.4, -0.2) is 34.7 Å². The average molecular weight is 353 g/mol. The zero-order valence-electron chi connectivity index (χ0n) is 14.5. The molecule has 0 saturated heterocycles. The monoisotopic (exact) mass is 353 g/mol. The number of rotatable bonds is 3. The number of nitrogens with zero attached hydrogens (tertiary/aromatic N) is 6. The zero-order valence-corrected chi connectivity index (χ0v) is 14.5. The third-order valence-corrected chi connectivity index (χ3v) is 4.38. The van der Waals surface area contributed by atoms with Gasteiger partial charge < -0.3 is 4.98 Å². The number of hydrogen-bond acceptors (Lipinski definition) is 5. The van der Waals surface area contributed by atoms with E-state index in [1.165, 1.54) is 0 Å². The Kier molecular flexibility index (Phi) is 3.50. The van der Waals surface area contributed by atoms with Crippen LogP contribution in [0.5, 0.6) is 0 Å². The highest BCUT2D eigenvalue weighted by Gasteiger charge is 2.14. The Morgan fingerprint density at radius 1 is 0.889 bits per heavy atom. The van der Waals surface area contributed by atoms with Crippen molar-refractivity contribution >= 4 is 11.0 Å². The maximum atomic E-state index is 4.63. The molecule has 1 N–H and O–H groups in total. The Labute approximate surface area is 154 Å². The van der Waals surface area contributed by atoms with Gasteiger partial charge in [0.1, 0.15) is 17.0 Å². The van der Waals surface area contributed by atoms with E-state index in [1.54, 1.807) is 17.1 Å². The summed E-state index contributed by atoms with van der Waals surface area (Å²) in [7, 11) is 1.86. The van der Waals surface area contributed by atoms with Crippen LogP contribution in [0.4, 0.5) is 0 Å². The summed E-state index contributed by atoms with van der Waals surface area (Å²) >= 11 is 0. The van der Waals surface area contributed by atoms with Gasteiger partial charge in [-0.25, -0.2) is 14.6 Å². The summed E-state index contributed by atoms with van der Waals surface area (Å²) in [5, 5.41) is 5.55. The number of aryl methyl sites for hydroxylation is 1. The van der Waals surface area contributed by atoms with Crippen molar-refractivity contribution in [3.05, 3.63) is 67.3 Å². The Morgan fingerprint density at radius 3 is 2.70 bits per heavy atom. The topological polar surface area (TPSA) is 85.2 Å². The molecule has 0 atom stereocenters. The Morgan fingerprint density at radius 2 is 1.81 bits per heavy atom. The van der Waals surface area contributed by atoms with Gasteiger partial charge in [0.15, 0.2) is 11.6 Å². The standard InChI is InChI=1S/C20H15N7/c1-27-20(25-19(26-27)16-4-2-3-7-21-16)17-11-13(5-8-22-17)15-10-14-6-9-23-18(14)24-12-15/h2-12H,1H3,(H,23,24). The summed E-state index contributed by atoms with van der Waals surface area (Å²) in [5.41, 5.74) is 4.41. The molecular formula is C20H15N7. The fraction of sp³-hybridized carbons (Fsp3) is 0.0500. The van der Waals surface area contributed by atoms with E-state index >= 15 is 0 Å². The minimum absolute atomic E-state index is 0.579. The number of fused-ring (bicyclic) bond motifs is 1. The number of H-pyrrole nitrogens is 1. The van der Waals surface area contributed by atoms with Crippen molar-refractivity contribution in [1.82, 2.24) is 34.7 Å². The number of aromatic nitrogens is 7. The van der Waals surface area contributed by atoms with Gasteiger partial charge in [-0.3, -0.25) is 9.97 Å². The van der Waals surface area contributed by atoms with Crippen molar-refractivity contribution < 1.29 is 0 Å². The van der Waals surface area contributed by atoms with Gasteiger partial charge in [-0.05, 0) is 42.0 Å². The lowest BCUT2D eigenvalue weighted by atomic mass is 10.1. The quantitative estimate of drug-likeness (QED) is 0.537. The van der Waals surface area contributed by atoms with E-state index in [9.17, 15) is 0 Å². The summed E-state index contributed by atoms with van der Waals surface area (Å²) in [4.78, 5) is 21.0. The molecule has 0 radical (unpaired) electrons. The summed E-state index contributed by atoms with van der Waals surface area (Å²) in [5.74, 6) is 1.27. The summed E-state index contributed by atoms with van der Waals surface area (Å²) in [6.07, 6.45) is 7.25. The Balaban J connectivity index is 1.57. The number of hydrogen-bond donors (Lipinski definition) is 1. The molecule has 0 spiro atoms. The molecule has 7 heteroatoms. The van der Waals surface area contributed by atoms with Gasteiger partial charge in [0, 0.05) is 42.8 Å². The van der Waals surface area contributed by atoms with Crippen LogP contribution in [0.3, 0.4) is 0 Å². The fourth-order valence-corrected chi connectivity index (χ4v) is 3.04. The van der Waals surface area contributed by atoms with Gasteiger partial charge in [0.25, 0.3) is 0 Å². The number of nitrogens with one attached hydrogen (secondary N) is 1. The molecule has 0 saturated carbocycles. The first kappa shape index (κ1) is 15.4. The lowest BCUT2D eigenvalue weighted by Gasteiger charge is -2.04. The van der Waals surface area contributed by atoms with Gasteiger partial charge in [-0.15, -0.1) is 5.10 Å². The van der Waals surface area contributed by atoms with Crippen LogP contribution in [0.2, 0.25) is 0 Å². The van der Waals surface area contributed by atoms with Crippen molar-refractivity contribution in [2.45, 2.75) is 0 Å². The third kappa shape index (κ3) is 2.75. The van der Waals surface area contributed by atoms with Crippen molar-refractivity contribution in [2.75, 3.05) is 0 Å². The van der Waals surface area contributed by atoms with Crippen LogP contribution < -0.4 is 0 Å². The van der Waals surface area contributed by atoms with Crippen LogP contribution in [-0.2, 0) is 7.05 Å². The first-order valence-electron chi connectivity index (χ1n) is 8.50. The van der Waals surface area contributed by atoms with Crippen molar-refractivity contribution in [2.24, 2.45) is 7.05 Å². The number of aromatic amines is 1. The van der Waals surface area contributed by atoms with E-state index in [1.807, 2.05) is 55.8 Å². The molecule has 0 fully saturated rings. The molecule has 0 amide bonds. The fourth-order valence-electron chi connectivity index (χ4n) is 3.04. The average Bonchev–Trinajstić information content (AvgIpc) is 3.34. The summed E-state index contributed by atoms with van der Waals surface area (Å²) < 4.78 is 1.73. The van der Waals surface area contributed by atoms with E-state index in [0.717, 1.165) is 33.5 Å². The van der Waals surface area contributed by atoms with Gasteiger partial charge in [0.2, 0.25) is 0 Å². The minimum atomic E-state index is 0.579. The van der Waals surface area contributed by atoms with Crippen molar-refractivity contribution in [3.8, 4) is 34.2 Å². The van der Waals surface area contributed by atoms with Crippen LogP contribution in [0.15, 0.2) is 67.3 Å². The molecule has 5 aromatic rings. The second-order valence-corrected chi connectivity index (χ2v) is 6.17. The summed E-state index contributed by atoms with van der Waals surface area (Å²) in [6, 6.07) is 13.8. The van der Waals surface area contributed by atoms with E-state index in [0.29, 0.717) is 11.6 Å². The molecule has 0 aromatic carbocycles. The molecule has 7 nitrogen and oxygen atoms in total. The van der Waals surface area contributed by atoms with Gasteiger partial charge in [0.05, 0.1) is 0 Å². The van der Waals surface area contributed by atoms with Crippen molar-refractivity contribution in [3.63, 3.8) is 0 Å². The molecule has 0 aliphatic carbocycles. The molecular weight excluding hydrogens is 338 g/mol. The molecule has 0 unspecified atom stereocenters. The molecule has 5 aromatic heterocycles. The van der Waals surface area contributed by atoms with E-state index in [2.05, 4.69) is 36.1 Å². The highest BCUT2D eigenvalue weighted by Crippen LogP contribution is 2.26. The lowest BCUT2D eigenvalue weighted by Crippen LogP contribution is -1.96. The van der Waals surface area contributed by atoms with Gasteiger partial charge in [-0.1, -0.05) is 6.07 Å². The molecule has 0 aliphatic heterocycles. The number of pyridine rings is 3. The smallest absolute Gasteiger partial charge is 0.200 e. The Bertz CT molecular complexity index is 1240. The molecule has 130 valence electrons. The molecule has 5 rings (SSSR count). The first-order chi connectivity index (χ1) is 13.3. The first-order valence-corrected chi connectivity index (χ1v) is 8.50. The van der Waals surface area contributed by atoms with Gasteiger partial charge in [-0.2, -0.15) is 0 Å². The van der Waals surface area contributed by atoms with E-state index < -0.39 is 0 Å². The maximum Gasteiger partial charge on any atom is 0.200 e.